The minimum atomic E-state index is -0.690. The van der Waals surface area contributed by atoms with Gasteiger partial charge in [0.2, 0.25) is 0 Å². The molecule has 4 rings (SSSR count). The number of rotatable bonds is 8. The van der Waals surface area contributed by atoms with Gasteiger partial charge in [-0.05, 0) is 83.3 Å². The maximum absolute atomic E-state index is 14.2. The lowest BCUT2D eigenvalue weighted by atomic mass is 9.94. The molecular formula is C29H28FNO3. The highest BCUT2D eigenvalue weighted by atomic mass is 19.1. The van der Waals surface area contributed by atoms with Crippen LogP contribution in [0.25, 0.3) is 21.9 Å². The zero-order valence-corrected chi connectivity index (χ0v) is 19.6. The molecule has 0 saturated carbocycles. The molecule has 0 aliphatic carbocycles. The first-order chi connectivity index (χ1) is 16.5. The normalized spacial score (nSPS) is 11.9. The van der Waals surface area contributed by atoms with Crippen LogP contribution in [0.2, 0.25) is 0 Å². The van der Waals surface area contributed by atoms with Crippen molar-refractivity contribution in [1.82, 2.24) is 5.32 Å². The molecule has 0 bridgehead atoms. The summed E-state index contributed by atoms with van der Waals surface area (Å²) >= 11 is 0. The lowest BCUT2D eigenvalue weighted by Gasteiger charge is -2.17. The van der Waals surface area contributed by atoms with Crippen molar-refractivity contribution in [2.45, 2.75) is 26.4 Å². The Kier molecular flexibility index (Phi) is 7.24. The monoisotopic (exact) mass is 457 g/mol. The fraction of sp³-hybridized carbons (Fsp3) is 0.207. The maximum atomic E-state index is 14.2. The topological polar surface area (TPSA) is 47.6 Å². The van der Waals surface area contributed by atoms with Crippen LogP contribution in [0, 0.1) is 5.82 Å². The third-order valence-corrected chi connectivity index (χ3v) is 5.89. The molecule has 0 aliphatic rings. The van der Waals surface area contributed by atoms with E-state index in [-0.39, 0.29) is 11.6 Å². The first kappa shape index (κ1) is 23.5. The van der Waals surface area contributed by atoms with Crippen molar-refractivity contribution >= 4 is 16.7 Å². The Morgan fingerprint density at radius 1 is 1.00 bits per heavy atom. The number of esters is 1. The summed E-state index contributed by atoms with van der Waals surface area (Å²) in [6.45, 7) is 5.37. The molecule has 0 radical (unpaired) electrons. The predicted octanol–water partition coefficient (Wildman–Crippen LogP) is 6.68. The van der Waals surface area contributed by atoms with Crippen molar-refractivity contribution in [1.29, 1.82) is 0 Å². The zero-order chi connectivity index (χ0) is 24.1. The molecule has 5 heteroatoms. The second-order valence-electron chi connectivity index (χ2n) is 8.16. The van der Waals surface area contributed by atoms with E-state index in [4.69, 9.17) is 9.47 Å². The van der Waals surface area contributed by atoms with E-state index in [2.05, 4.69) is 42.6 Å². The Balaban J connectivity index is 1.66. The van der Waals surface area contributed by atoms with Gasteiger partial charge in [0, 0.05) is 12.6 Å². The van der Waals surface area contributed by atoms with E-state index in [1.807, 2.05) is 37.3 Å². The van der Waals surface area contributed by atoms with Gasteiger partial charge in [-0.25, -0.2) is 9.18 Å². The van der Waals surface area contributed by atoms with Crippen molar-refractivity contribution in [3.63, 3.8) is 0 Å². The maximum Gasteiger partial charge on any atom is 0.340 e. The average molecular weight is 458 g/mol. The third-order valence-electron chi connectivity index (χ3n) is 5.89. The molecule has 4 aromatic carbocycles. The molecule has 4 aromatic rings. The smallest absolute Gasteiger partial charge is 0.340 e. The summed E-state index contributed by atoms with van der Waals surface area (Å²) in [4.78, 5) is 12.0. The summed E-state index contributed by atoms with van der Waals surface area (Å²) in [5.74, 6) is -0.426. The van der Waals surface area contributed by atoms with E-state index in [9.17, 15) is 9.18 Å². The van der Waals surface area contributed by atoms with Gasteiger partial charge in [0.15, 0.2) is 0 Å². The van der Waals surface area contributed by atoms with E-state index in [1.54, 1.807) is 12.1 Å². The summed E-state index contributed by atoms with van der Waals surface area (Å²) in [7, 11) is 1.25. The highest BCUT2D eigenvalue weighted by Gasteiger charge is 2.15. The Morgan fingerprint density at radius 3 is 2.62 bits per heavy atom. The van der Waals surface area contributed by atoms with Gasteiger partial charge < -0.3 is 14.8 Å². The number of carbonyl (C=O) groups is 1. The van der Waals surface area contributed by atoms with E-state index >= 15 is 0 Å². The lowest BCUT2D eigenvalue weighted by molar-refractivity contribution is 0.0595. The van der Waals surface area contributed by atoms with Crippen LogP contribution in [0.4, 0.5) is 4.39 Å². The Bertz CT molecular complexity index is 1320. The van der Waals surface area contributed by atoms with Gasteiger partial charge in [0.05, 0.1) is 19.3 Å². The van der Waals surface area contributed by atoms with Crippen LogP contribution in [-0.2, 0) is 11.3 Å². The molecule has 174 valence electrons. The van der Waals surface area contributed by atoms with Crippen molar-refractivity contribution in [3.8, 4) is 16.9 Å². The molecule has 1 N–H and O–H groups in total. The molecule has 4 nitrogen and oxygen atoms in total. The van der Waals surface area contributed by atoms with Crippen LogP contribution < -0.4 is 10.1 Å². The number of methoxy groups -OCH3 is 1. The molecule has 1 atom stereocenters. The van der Waals surface area contributed by atoms with Crippen molar-refractivity contribution < 1.29 is 18.7 Å². The van der Waals surface area contributed by atoms with E-state index in [1.165, 1.54) is 13.2 Å². The van der Waals surface area contributed by atoms with Gasteiger partial charge in [-0.3, -0.25) is 0 Å². The second kappa shape index (κ2) is 10.5. The number of benzene rings is 4. The quantitative estimate of drug-likeness (QED) is 0.300. The number of halogens is 1. The highest BCUT2D eigenvalue weighted by Crippen LogP contribution is 2.32. The molecule has 0 aromatic heterocycles. The number of hydrogen-bond acceptors (Lipinski definition) is 4. The number of hydrogen-bond donors (Lipinski definition) is 1. The SMILES string of the molecule is CCOc1cccc([C@@H](C)NCc2cc(-c3ccc(F)c(C(=O)OC)c3)c3ccccc3c2)c1. The van der Waals surface area contributed by atoms with Gasteiger partial charge in [0.25, 0.3) is 0 Å². The minimum absolute atomic E-state index is 0.0737. The van der Waals surface area contributed by atoms with Crippen LogP contribution in [0.15, 0.2) is 78.9 Å². The van der Waals surface area contributed by atoms with Gasteiger partial charge in [-0.2, -0.15) is 0 Å². The first-order valence-corrected chi connectivity index (χ1v) is 11.4. The molecule has 0 saturated heterocycles. The first-order valence-electron chi connectivity index (χ1n) is 11.4. The molecule has 0 unspecified atom stereocenters. The molecular weight excluding hydrogens is 429 g/mol. The fourth-order valence-electron chi connectivity index (χ4n) is 4.10. The van der Waals surface area contributed by atoms with Crippen molar-refractivity contribution in [2.24, 2.45) is 0 Å². The second-order valence-corrected chi connectivity index (χ2v) is 8.16. The van der Waals surface area contributed by atoms with Crippen LogP contribution in [0.5, 0.6) is 5.75 Å². The Morgan fingerprint density at radius 2 is 1.82 bits per heavy atom. The molecule has 0 spiro atoms. The standard InChI is InChI=1S/C29H28FNO3/c1-4-34-24-10-7-9-21(16-24)19(2)31-18-20-14-22-8-5-6-11-25(22)26(15-20)23-12-13-28(30)27(17-23)29(32)33-3/h5-17,19,31H,4,18H2,1-3H3/t19-/m1/s1. The van der Waals surface area contributed by atoms with Crippen LogP contribution in [0.1, 0.15) is 41.4 Å². The largest absolute Gasteiger partial charge is 0.494 e. The van der Waals surface area contributed by atoms with Crippen molar-refractivity contribution in [3.05, 3.63) is 101 Å². The fourth-order valence-corrected chi connectivity index (χ4v) is 4.10. The predicted molar refractivity (Wildman–Crippen MR) is 134 cm³/mol. The Labute approximate surface area is 199 Å². The van der Waals surface area contributed by atoms with Gasteiger partial charge in [-0.15, -0.1) is 0 Å². The summed E-state index contributed by atoms with van der Waals surface area (Å²) in [5.41, 5.74) is 3.86. The Hall–Kier alpha value is -3.70. The number of fused-ring (bicyclic) bond motifs is 1. The van der Waals surface area contributed by atoms with E-state index < -0.39 is 11.8 Å². The summed E-state index contributed by atoms with van der Waals surface area (Å²) < 4.78 is 24.6. The summed E-state index contributed by atoms with van der Waals surface area (Å²) in [6, 6.07) is 25.1. The third kappa shape index (κ3) is 5.10. The van der Waals surface area contributed by atoms with Gasteiger partial charge in [0.1, 0.15) is 11.6 Å². The van der Waals surface area contributed by atoms with E-state index in [0.717, 1.165) is 38.8 Å². The molecule has 34 heavy (non-hydrogen) atoms. The molecule has 0 fully saturated rings. The molecule has 0 aliphatic heterocycles. The number of ether oxygens (including phenoxy) is 2. The summed E-state index contributed by atoms with van der Waals surface area (Å²) in [5, 5.41) is 5.70. The molecule has 0 amide bonds. The van der Waals surface area contributed by atoms with E-state index in [0.29, 0.717) is 13.2 Å². The number of carbonyl (C=O) groups excluding carboxylic acids is 1. The van der Waals surface area contributed by atoms with Crippen molar-refractivity contribution in [2.75, 3.05) is 13.7 Å². The summed E-state index contributed by atoms with van der Waals surface area (Å²) in [6.07, 6.45) is 0. The van der Waals surface area contributed by atoms with Crippen LogP contribution in [-0.4, -0.2) is 19.7 Å². The number of nitrogens with one attached hydrogen (secondary N) is 1. The van der Waals surface area contributed by atoms with Crippen LogP contribution >= 0.6 is 0 Å². The molecule has 0 heterocycles. The highest BCUT2D eigenvalue weighted by molar-refractivity contribution is 5.99. The zero-order valence-electron chi connectivity index (χ0n) is 19.6. The van der Waals surface area contributed by atoms with Crippen LogP contribution in [0.3, 0.4) is 0 Å². The van der Waals surface area contributed by atoms with Gasteiger partial charge >= 0.3 is 5.97 Å². The minimum Gasteiger partial charge on any atom is -0.494 e. The average Bonchev–Trinajstić information content (AvgIpc) is 2.87. The van der Waals surface area contributed by atoms with Gasteiger partial charge in [-0.1, -0.05) is 42.5 Å². The lowest BCUT2D eigenvalue weighted by Crippen LogP contribution is -2.18.